The molecule has 82 valence electrons. The van der Waals surface area contributed by atoms with Gasteiger partial charge in [-0.3, -0.25) is 0 Å². The van der Waals surface area contributed by atoms with Gasteiger partial charge in [0.1, 0.15) is 13.2 Å². The lowest BCUT2D eigenvalue weighted by Crippen LogP contribution is -2.16. The van der Waals surface area contributed by atoms with Crippen LogP contribution >= 0.6 is 0 Å². The molecule has 15 heavy (non-hydrogen) atoms. The predicted octanol–water partition coefficient (Wildman–Crippen LogP) is 1.52. The first kappa shape index (κ1) is 10.1. The fourth-order valence-corrected chi connectivity index (χ4v) is 1.53. The maximum atomic E-state index is 9.49. The van der Waals surface area contributed by atoms with Gasteiger partial charge in [-0.25, -0.2) is 0 Å². The van der Waals surface area contributed by atoms with Crippen LogP contribution in [0, 0.1) is 0 Å². The van der Waals surface area contributed by atoms with E-state index < -0.39 is 6.10 Å². The lowest BCUT2D eigenvalue weighted by atomic mass is 10.1. The third-order valence-electron chi connectivity index (χ3n) is 2.33. The highest BCUT2D eigenvalue weighted by Crippen LogP contribution is 2.41. The molecule has 2 rings (SSSR count). The molecule has 0 aromatic heterocycles. The number of hydrogen-bond acceptors (Lipinski definition) is 4. The first-order chi connectivity index (χ1) is 7.22. The Kier molecular flexibility index (Phi) is 2.68. The van der Waals surface area contributed by atoms with Crippen LogP contribution < -0.4 is 14.2 Å². The van der Waals surface area contributed by atoms with Crippen LogP contribution in [0.1, 0.15) is 18.6 Å². The van der Waals surface area contributed by atoms with Crippen molar-refractivity contribution in [2.75, 3.05) is 20.3 Å². The van der Waals surface area contributed by atoms with Gasteiger partial charge in [-0.1, -0.05) is 0 Å². The molecule has 1 aromatic rings. The van der Waals surface area contributed by atoms with Crippen LogP contribution in [0.15, 0.2) is 12.1 Å². The van der Waals surface area contributed by atoms with Gasteiger partial charge in [-0.05, 0) is 24.6 Å². The molecule has 1 aromatic carbocycles. The molecule has 1 atom stereocenters. The van der Waals surface area contributed by atoms with E-state index in [0.29, 0.717) is 30.5 Å². The topological polar surface area (TPSA) is 47.9 Å². The van der Waals surface area contributed by atoms with Gasteiger partial charge in [0.05, 0.1) is 13.2 Å². The molecule has 0 unspecified atom stereocenters. The van der Waals surface area contributed by atoms with E-state index in [0.717, 1.165) is 5.56 Å². The normalized spacial score (nSPS) is 15.9. The van der Waals surface area contributed by atoms with Gasteiger partial charge in [0, 0.05) is 0 Å². The Labute approximate surface area is 88.4 Å². The molecule has 1 aliphatic heterocycles. The second-order valence-corrected chi connectivity index (χ2v) is 3.42. The summed E-state index contributed by atoms with van der Waals surface area (Å²) in [5.41, 5.74) is 0.760. The Balaban J connectivity index is 2.48. The van der Waals surface area contributed by atoms with E-state index in [1.54, 1.807) is 26.2 Å². The van der Waals surface area contributed by atoms with Crippen molar-refractivity contribution in [3.05, 3.63) is 17.7 Å². The number of rotatable bonds is 2. The average Bonchev–Trinajstić information content (AvgIpc) is 2.27. The SMILES string of the molecule is COc1cc([C@@H](C)O)cc2c1OCCO2. The number of methoxy groups -OCH3 is 1. The quantitative estimate of drug-likeness (QED) is 0.804. The van der Waals surface area contributed by atoms with Gasteiger partial charge < -0.3 is 19.3 Å². The summed E-state index contributed by atoms with van der Waals surface area (Å²) >= 11 is 0. The molecule has 1 heterocycles. The van der Waals surface area contributed by atoms with Crippen molar-refractivity contribution in [1.82, 2.24) is 0 Å². The second-order valence-electron chi connectivity index (χ2n) is 3.42. The van der Waals surface area contributed by atoms with Crippen LogP contribution in [0.5, 0.6) is 17.2 Å². The lowest BCUT2D eigenvalue weighted by Gasteiger charge is -2.21. The van der Waals surface area contributed by atoms with Crippen molar-refractivity contribution < 1.29 is 19.3 Å². The van der Waals surface area contributed by atoms with Gasteiger partial charge in [-0.15, -0.1) is 0 Å². The second kappa shape index (κ2) is 3.98. The minimum atomic E-state index is -0.547. The Morgan fingerprint density at radius 3 is 2.73 bits per heavy atom. The number of aliphatic hydroxyl groups excluding tert-OH is 1. The minimum Gasteiger partial charge on any atom is -0.493 e. The maximum absolute atomic E-state index is 9.49. The Hall–Kier alpha value is -1.42. The Morgan fingerprint density at radius 1 is 1.33 bits per heavy atom. The summed E-state index contributed by atoms with van der Waals surface area (Å²) in [6, 6.07) is 3.54. The molecule has 0 spiro atoms. The smallest absolute Gasteiger partial charge is 0.203 e. The van der Waals surface area contributed by atoms with E-state index in [1.165, 1.54) is 0 Å². The molecule has 0 aliphatic carbocycles. The molecular formula is C11H14O4. The van der Waals surface area contributed by atoms with E-state index in [4.69, 9.17) is 14.2 Å². The fourth-order valence-electron chi connectivity index (χ4n) is 1.53. The number of hydrogen-bond donors (Lipinski definition) is 1. The monoisotopic (exact) mass is 210 g/mol. The zero-order chi connectivity index (χ0) is 10.8. The van der Waals surface area contributed by atoms with E-state index >= 15 is 0 Å². The summed E-state index contributed by atoms with van der Waals surface area (Å²) in [5, 5.41) is 9.49. The van der Waals surface area contributed by atoms with Crippen LogP contribution in [-0.2, 0) is 0 Å². The molecule has 0 fully saturated rings. The predicted molar refractivity (Wildman–Crippen MR) is 54.6 cm³/mol. The van der Waals surface area contributed by atoms with Crippen LogP contribution in [0.3, 0.4) is 0 Å². The summed E-state index contributed by atoms with van der Waals surface area (Å²) in [6.45, 7) is 2.75. The van der Waals surface area contributed by atoms with Crippen molar-refractivity contribution in [3.8, 4) is 17.2 Å². The summed E-state index contributed by atoms with van der Waals surface area (Å²) in [4.78, 5) is 0. The average molecular weight is 210 g/mol. The molecule has 0 radical (unpaired) electrons. The molecule has 0 amide bonds. The lowest BCUT2D eigenvalue weighted by molar-refractivity contribution is 0.161. The van der Waals surface area contributed by atoms with Crippen molar-refractivity contribution in [1.29, 1.82) is 0 Å². The molecular weight excluding hydrogens is 196 g/mol. The third kappa shape index (κ3) is 1.85. The van der Waals surface area contributed by atoms with Crippen LogP contribution in [-0.4, -0.2) is 25.4 Å². The summed E-state index contributed by atoms with van der Waals surface area (Å²) in [5.74, 6) is 1.85. The van der Waals surface area contributed by atoms with Gasteiger partial charge in [0.15, 0.2) is 11.5 Å². The van der Waals surface area contributed by atoms with E-state index in [2.05, 4.69) is 0 Å². The minimum absolute atomic E-state index is 0.525. The molecule has 0 saturated heterocycles. The third-order valence-corrected chi connectivity index (χ3v) is 2.33. The number of benzene rings is 1. The number of aliphatic hydroxyl groups is 1. The van der Waals surface area contributed by atoms with Crippen LogP contribution in [0.25, 0.3) is 0 Å². The molecule has 0 saturated carbocycles. The van der Waals surface area contributed by atoms with Gasteiger partial charge >= 0.3 is 0 Å². The highest BCUT2D eigenvalue weighted by Gasteiger charge is 2.19. The summed E-state index contributed by atoms with van der Waals surface area (Å²) < 4.78 is 16.1. The first-order valence-corrected chi connectivity index (χ1v) is 4.88. The van der Waals surface area contributed by atoms with Crippen molar-refractivity contribution in [2.45, 2.75) is 13.0 Å². The van der Waals surface area contributed by atoms with Gasteiger partial charge in [0.2, 0.25) is 5.75 Å². The molecule has 1 aliphatic rings. The zero-order valence-corrected chi connectivity index (χ0v) is 8.82. The molecule has 1 N–H and O–H groups in total. The largest absolute Gasteiger partial charge is 0.493 e. The maximum Gasteiger partial charge on any atom is 0.203 e. The molecule has 4 heteroatoms. The Bertz CT molecular complexity index is 343. The van der Waals surface area contributed by atoms with Crippen molar-refractivity contribution in [3.63, 3.8) is 0 Å². The number of fused-ring (bicyclic) bond motifs is 1. The van der Waals surface area contributed by atoms with Crippen LogP contribution in [0.4, 0.5) is 0 Å². The molecule has 0 bridgehead atoms. The standard InChI is InChI=1S/C11H14O4/c1-7(12)8-5-9(13-2)11-10(6-8)14-3-4-15-11/h5-7,12H,3-4H2,1-2H3/t7-/m1/s1. The highest BCUT2D eigenvalue weighted by atomic mass is 16.6. The van der Waals surface area contributed by atoms with E-state index in [-0.39, 0.29) is 0 Å². The Morgan fingerprint density at radius 2 is 2.07 bits per heavy atom. The zero-order valence-electron chi connectivity index (χ0n) is 8.82. The molecule has 4 nitrogen and oxygen atoms in total. The fraction of sp³-hybridized carbons (Fsp3) is 0.455. The van der Waals surface area contributed by atoms with E-state index in [9.17, 15) is 5.11 Å². The first-order valence-electron chi connectivity index (χ1n) is 4.88. The highest BCUT2D eigenvalue weighted by molar-refractivity contribution is 5.54. The number of ether oxygens (including phenoxy) is 3. The van der Waals surface area contributed by atoms with E-state index in [1.807, 2.05) is 0 Å². The summed E-state index contributed by atoms with van der Waals surface area (Å²) in [7, 11) is 1.57. The summed E-state index contributed by atoms with van der Waals surface area (Å²) in [6.07, 6.45) is -0.547. The van der Waals surface area contributed by atoms with Gasteiger partial charge in [-0.2, -0.15) is 0 Å². The van der Waals surface area contributed by atoms with Gasteiger partial charge in [0.25, 0.3) is 0 Å². The van der Waals surface area contributed by atoms with Crippen molar-refractivity contribution in [2.24, 2.45) is 0 Å². The van der Waals surface area contributed by atoms with Crippen LogP contribution in [0.2, 0.25) is 0 Å². The van der Waals surface area contributed by atoms with Crippen molar-refractivity contribution >= 4 is 0 Å².